The van der Waals surface area contributed by atoms with E-state index < -0.39 is 12.2 Å². The van der Waals surface area contributed by atoms with Crippen molar-refractivity contribution in [2.24, 2.45) is 0 Å². The second-order valence-electron chi connectivity index (χ2n) is 6.11. The summed E-state index contributed by atoms with van der Waals surface area (Å²) in [5.74, 6) is 0. The van der Waals surface area contributed by atoms with Gasteiger partial charge in [-0.05, 0) is 25.0 Å². The molecule has 0 spiro atoms. The highest BCUT2D eigenvalue weighted by Crippen LogP contribution is 2.23. The van der Waals surface area contributed by atoms with Gasteiger partial charge in [-0.15, -0.1) is 0 Å². The van der Waals surface area contributed by atoms with Gasteiger partial charge in [0.1, 0.15) is 0 Å². The molecule has 4 N–H and O–H groups in total. The Hall–Kier alpha value is -0.760. The van der Waals surface area contributed by atoms with E-state index in [-0.39, 0.29) is 22.9 Å². The van der Waals surface area contributed by atoms with Gasteiger partial charge in [0, 0.05) is 0 Å². The molecule has 26 heavy (non-hydrogen) atoms. The Morgan fingerprint density at radius 1 is 0.654 bits per heavy atom. The van der Waals surface area contributed by atoms with Crippen molar-refractivity contribution in [3.8, 4) is 0 Å². The molecule has 2 aromatic rings. The molecule has 0 aliphatic rings. The van der Waals surface area contributed by atoms with Crippen LogP contribution >= 0.6 is 31.9 Å². The lowest BCUT2D eigenvalue weighted by molar-refractivity contribution is 0.144. The third-order valence-corrected chi connectivity index (χ3v) is 5.45. The molecule has 0 aliphatic carbocycles. The number of alkyl halides is 2. The Balaban J connectivity index is 0.000000260. The summed E-state index contributed by atoms with van der Waals surface area (Å²) in [7, 11) is 0. The fourth-order valence-corrected chi connectivity index (χ4v) is 2.76. The highest BCUT2D eigenvalue weighted by atomic mass is 79.9. The van der Waals surface area contributed by atoms with Gasteiger partial charge in [-0.2, -0.15) is 0 Å². The summed E-state index contributed by atoms with van der Waals surface area (Å²) in [5.41, 5.74) is 3.96. The fourth-order valence-electron chi connectivity index (χ4n) is 2.14. The Morgan fingerprint density at radius 2 is 0.923 bits per heavy atom. The maximum atomic E-state index is 9.67. The van der Waals surface area contributed by atoms with E-state index in [2.05, 4.69) is 31.9 Å². The zero-order valence-electron chi connectivity index (χ0n) is 14.9. The van der Waals surface area contributed by atoms with E-state index in [0.717, 1.165) is 22.3 Å². The van der Waals surface area contributed by atoms with Gasteiger partial charge >= 0.3 is 0 Å². The van der Waals surface area contributed by atoms with Crippen molar-refractivity contribution in [2.75, 3.05) is 13.2 Å². The number of aliphatic hydroxyl groups excluding tert-OH is 4. The van der Waals surface area contributed by atoms with E-state index in [9.17, 15) is 10.2 Å². The number of aliphatic hydroxyl groups is 4. The lowest BCUT2D eigenvalue weighted by Crippen LogP contribution is -2.15. The van der Waals surface area contributed by atoms with E-state index in [0.29, 0.717) is 0 Å². The number of benzene rings is 2. The van der Waals surface area contributed by atoms with E-state index in [1.165, 1.54) is 0 Å². The quantitative estimate of drug-likeness (QED) is 0.467. The average molecular weight is 490 g/mol. The summed E-state index contributed by atoms with van der Waals surface area (Å²) in [4.78, 5) is -0.592. The molecule has 2 aromatic carbocycles. The van der Waals surface area contributed by atoms with Crippen LogP contribution < -0.4 is 0 Å². The van der Waals surface area contributed by atoms with E-state index in [1.54, 1.807) is 0 Å². The first-order valence-corrected chi connectivity index (χ1v) is 10.1. The van der Waals surface area contributed by atoms with Crippen LogP contribution in [0.2, 0.25) is 0 Å². The highest BCUT2D eigenvalue weighted by Gasteiger charge is 2.17. The molecule has 2 rings (SSSR count). The molecule has 6 heteroatoms. The maximum Gasteiger partial charge on any atom is 0.0937 e. The largest absolute Gasteiger partial charge is 0.395 e. The molecule has 0 aliphatic heterocycles. The monoisotopic (exact) mass is 488 g/mol. The number of aryl methyl sites for hydroxylation is 2. The summed E-state index contributed by atoms with van der Waals surface area (Å²) >= 11 is 6.39. The Bertz CT molecular complexity index is 574. The van der Waals surface area contributed by atoms with Crippen LogP contribution in [0, 0.1) is 13.8 Å². The van der Waals surface area contributed by atoms with Gasteiger partial charge in [-0.25, -0.2) is 0 Å². The number of hydrogen-bond acceptors (Lipinski definition) is 4. The first-order chi connectivity index (χ1) is 12.3. The molecule has 0 radical (unpaired) electrons. The summed E-state index contributed by atoms with van der Waals surface area (Å²) in [6.07, 6.45) is -1.30. The van der Waals surface area contributed by atoms with Crippen molar-refractivity contribution in [1.29, 1.82) is 0 Å². The standard InChI is InChI=1S/2C10H13BrO2/c2*1-7-2-4-8(5-3-7)10(13)9(11)6-12/h2*2-5,9-10,12-13H,6H2,1H3/t2*9-,10+/m11/s1. The normalized spacial score (nSPS) is 15.4. The first kappa shape index (κ1) is 23.3. The number of hydrogen-bond donors (Lipinski definition) is 4. The van der Waals surface area contributed by atoms with Crippen molar-refractivity contribution in [3.05, 3.63) is 70.8 Å². The Kier molecular flexibility index (Phi) is 10.6. The van der Waals surface area contributed by atoms with Crippen LogP contribution in [0.4, 0.5) is 0 Å². The lowest BCUT2D eigenvalue weighted by Gasteiger charge is -2.15. The van der Waals surface area contributed by atoms with Gasteiger partial charge in [0.05, 0.1) is 35.1 Å². The van der Waals surface area contributed by atoms with Gasteiger partial charge in [0.2, 0.25) is 0 Å². The van der Waals surface area contributed by atoms with Crippen LogP contribution in [0.15, 0.2) is 48.5 Å². The zero-order valence-corrected chi connectivity index (χ0v) is 18.1. The molecule has 0 amide bonds. The van der Waals surface area contributed by atoms with Crippen molar-refractivity contribution in [1.82, 2.24) is 0 Å². The molecule has 0 saturated heterocycles. The Labute approximate surface area is 171 Å². The molecular weight excluding hydrogens is 464 g/mol. The molecule has 0 heterocycles. The SMILES string of the molecule is Cc1ccc([C@H](O)[C@H](Br)CO)cc1.Cc1ccc([C@H](O)[C@H](Br)CO)cc1. The van der Waals surface area contributed by atoms with Crippen LogP contribution in [0.25, 0.3) is 0 Å². The molecule has 144 valence electrons. The van der Waals surface area contributed by atoms with Crippen LogP contribution in [0.5, 0.6) is 0 Å². The predicted molar refractivity (Wildman–Crippen MR) is 112 cm³/mol. The van der Waals surface area contributed by atoms with E-state index in [4.69, 9.17) is 10.2 Å². The van der Waals surface area contributed by atoms with Crippen LogP contribution in [-0.2, 0) is 0 Å². The van der Waals surface area contributed by atoms with Gasteiger partial charge in [-0.3, -0.25) is 0 Å². The minimum Gasteiger partial charge on any atom is -0.395 e. The van der Waals surface area contributed by atoms with Gasteiger partial charge < -0.3 is 20.4 Å². The van der Waals surface area contributed by atoms with Crippen molar-refractivity contribution in [2.45, 2.75) is 35.7 Å². The molecular formula is C20H26Br2O4. The van der Waals surface area contributed by atoms with Crippen molar-refractivity contribution < 1.29 is 20.4 Å². The van der Waals surface area contributed by atoms with Crippen LogP contribution in [0.1, 0.15) is 34.5 Å². The lowest BCUT2D eigenvalue weighted by atomic mass is 10.1. The number of halogens is 2. The zero-order chi connectivity index (χ0) is 19.7. The van der Waals surface area contributed by atoms with Crippen LogP contribution in [0.3, 0.4) is 0 Å². The third-order valence-electron chi connectivity index (χ3n) is 3.87. The molecule has 0 fully saturated rings. The predicted octanol–water partition coefficient (Wildman–Crippen LogP) is 3.57. The summed E-state index contributed by atoms with van der Waals surface area (Å²) in [6, 6.07) is 15.2. The summed E-state index contributed by atoms with van der Waals surface area (Å²) < 4.78 is 0. The topological polar surface area (TPSA) is 80.9 Å². The molecule has 4 atom stereocenters. The molecule has 0 aromatic heterocycles. The van der Waals surface area contributed by atoms with Crippen LogP contribution in [-0.4, -0.2) is 43.3 Å². The second-order valence-corrected chi connectivity index (χ2v) is 8.46. The van der Waals surface area contributed by atoms with Gasteiger partial charge in [0.25, 0.3) is 0 Å². The molecule has 4 nitrogen and oxygen atoms in total. The highest BCUT2D eigenvalue weighted by molar-refractivity contribution is 9.09. The molecule has 0 unspecified atom stereocenters. The summed E-state index contributed by atoms with van der Waals surface area (Å²) in [6.45, 7) is 3.84. The van der Waals surface area contributed by atoms with Crippen molar-refractivity contribution in [3.63, 3.8) is 0 Å². The molecule has 0 saturated carbocycles. The smallest absolute Gasteiger partial charge is 0.0937 e. The Morgan fingerprint density at radius 3 is 1.15 bits per heavy atom. The van der Waals surface area contributed by atoms with Gasteiger partial charge in [-0.1, -0.05) is 91.5 Å². The average Bonchev–Trinajstić information content (AvgIpc) is 2.67. The maximum absolute atomic E-state index is 9.67. The fraction of sp³-hybridized carbons (Fsp3) is 0.400. The van der Waals surface area contributed by atoms with Gasteiger partial charge in [0.15, 0.2) is 0 Å². The van der Waals surface area contributed by atoms with E-state index >= 15 is 0 Å². The molecule has 0 bridgehead atoms. The van der Waals surface area contributed by atoms with E-state index in [1.807, 2.05) is 62.4 Å². The summed E-state index contributed by atoms with van der Waals surface area (Å²) in [5, 5.41) is 37.0. The minimum atomic E-state index is -0.648. The van der Waals surface area contributed by atoms with Crippen molar-refractivity contribution >= 4 is 31.9 Å². The number of rotatable bonds is 6. The third kappa shape index (κ3) is 7.47. The second kappa shape index (κ2) is 11.8. The first-order valence-electron chi connectivity index (χ1n) is 8.29. The minimum absolute atomic E-state index is 0.0744.